The van der Waals surface area contributed by atoms with E-state index in [9.17, 15) is 9.90 Å². The summed E-state index contributed by atoms with van der Waals surface area (Å²) in [6.07, 6.45) is 2.01. The van der Waals surface area contributed by atoms with E-state index in [2.05, 4.69) is 9.88 Å². The van der Waals surface area contributed by atoms with Gasteiger partial charge in [0.2, 0.25) is 0 Å². The number of hydrogen-bond donors (Lipinski definition) is 2. The van der Waals surface area contributed by atoms with E-state index in [1.165, 1.54) is 6.20 Å². The molecule has 2 heterocycles. The van der Waals surface area contributed by atoms with Gasteiger partial charge in [-0.25, -0.2) is 9.78 Å². The van der Waals surface area contributed by atoms with E-state index in [1.54, 1.807) is 19.1 Å². The van der Waals surface area contributed by atoms with E-state index >= 15 is 0 Å². The second kappa shape index (κ2) is 4.71. The normalized spacial score (nSPS) is 21.5. The van der Waals surface area contributed by atoms with Crippen molar-refractivity contribution in [1.29, 1.82) is 0 Å². The minimum absolute atomic E-state index is 0.194. The molecule has 1 fully saturated rings. The van der Waals surface area contributed by atoms with Gasteiger partial charge in [-0.3, -0.25) is 0 Å². The third-order valence-electron chi connectivity index (χ3n) is 3.23. The number of nitrogens with zero attached hydrogens (tertiary/aromatic N) is 2. The first kappa shape index (κ1) is 11.9. The van der Waals surface area contributed by atoms with Crippen LogP contribution in [-0.4, -0.2) is 40.4 Å². The van der Waals surface area contributed by atoms with Crippen molar-refractivity contribution in [3.8, 4) is 0 Å². The van der Waals surface area contributed by atoms with Gasteiger partial charge in [-0.15, -0.1) is 0 Å². The van der Waals surface area contributed by atoms with Crippen LogP contribution in [0.3, 0.4) is 0 Å². The Bertz CT molecular complexity index is 403. The summed E-state index contributed by atoms with van der Waals surface area (Å²) in [5.41, 5.74) is 0.194. The number of aromatic nitrogens is 1. The van der Waals surface area contributed by atoms with Gasteiger partial charge in [-0.05, 0) is 25.5 Å². The standard InChI is InChI=1S/C12H16N2O3/c1-8(15)10-4-5-14(7-10)11-3-2-9(6-13-11)12(16)17/h2-3,6,8,10,15H,4-5,7H2,1H3,(H,16,17)/t8-,10-/m1/s1. The molecule has 5 nitrogen and oxygen atoms in total. The molecule has 0 amide bonds. The minimum Gasteiger partial charge on any atom is -0.478 e. The Morgan fingerprint density at radius 3 is 2.82 bits per heavy atom. The summed E-state index contributed by atoms with van der Waals surface area (Å²) in [6, 6.07) is 3.27. The first-order valence-corrected chi connectivity index (χ1v) is 5.70. The lowest BCUT2D eigenvalue weighted by atomic mass is 10.0. The number of pyridine rings is 1. The van der Waals surface area contributed by atoms with Gasteiger partial charge < -0.3 is 15.1 Å². The zero-order valence-corrected chi connectivity index (χ0v) is 9.71. The van der Waals surface area contributed by atoms with E-state index in [-0.39, 0.29) is 17.6 Å². The van der Waals surface area contributed by atoms with Crippen LogP contribution >= 0.6 is 0 Å². The van der Waals surface area contributed by atoms with Crippen LogP contribution in [0.2, 0.25) is 0 Å². The van der Waals surface area contributed by atoms with Crippen molar-refractivity contribution in [2.75, 3.05) is 18.0 Å². The predicted octanol–water partition coefficient (Wildman–Crippen LogP) is 0.987. The molecule has 0 unspecified atom stereocenters. The highest BCUT2D eigenvalue weighted by atomic mass is 16.4. The van der Waals surface area contributed by atoms with E-state index in [4.69, 9.17) is 5.11 Å². The number of carboxylic acid groups (broad SMARTS) is 1. The van der Waals surface area contributed by atoms with Gasteiger partial charge in [0.05, 0.1) is 11.7 Å². The van der Waals surface area contributed by atoms with Crippen molar-refractivity contribution >= 4 is 11.8 Å². The van der Waals surface area contributed by atoms with Crippen molar-refractivity contribution < 1.29 is 15.0 Å². The Hall–Kier alpha value is -1.62. The van der Waals surface area contributed by atoms with E-state index < -0.39 is 5.97 Å². The van der Waals surface area contributed by atoms with Crippen LogP contribution in [0, 0.1) is 5.92 Å². The molecule has 0 spiro atoms. The molecule has 1 aromatic heterocycles. The number of hydrogen-bond acceptors (Lipinski definition) is 4. The van der Waals surface area contributed by atoms with Crippen molar-refractivity contribution in [2.45, 2.75) is 19.4 Å². The summed E-state index contributed by atoms with van der Waals surface area (Å²) in [7, 11) is 0. The molecule has 0 aliphatic carbocycles. The lowest BCUT2D eigenvalue weighted by Crippen LogP contribution is -2.24. The number of carboxylic acids is 1. The Morgan fingerprint density at radius 1 is 1.59 bits per heavy atom. The van der Waals surface area contributed by atoms with Crippen molar-refractivity contribution in [3.63, 3.8) is 0 Å². The highest BCUT2D eigenvalue weighted by Gasteiger charge is 2.26. The summed E-state index contributed by atoms with van der Waals surface area (Å²) in [4.78, 5) is 16.9. The van der Waals surface area contributed by atoms with E-state index in [0.717, 1.165) is 25.3 Å². The summed E-state index contributed by atoms with van der Waals surface area (Å²) >= 11 is 0. The van der Waals surface area contributed by atoms with Crippen LogP contribution < -0.4 is 4.90 Å². The van der Waals surface area contributed by atoms with Crippen molar-refractivity contribution in [2.24, 2.45) is 5.92 Å². The Morgan fingerprint density at radius 2 is 2.35 bits per heavy atom. The van der Waals surface area contributed by atoms with Crippen LogP contribution in [0.15, 0.2) is 18.3 Å². The Labute approximate surface area is 99.7 Å². The Kier molecular flexibility index (Phi) is 3.28. The molecule has 0 aromatic carbocycles. The maximum Gasteiger partial charge on any atom is 0.337 e. The predicted molar refractivity (Wildman–Crippen MR) is 63.2 cm³/mol. The second-order valence-electron chi connectivity index (χ2n) is 4.45. The molecule has 1 aromatic rings. The molecule has 5 heteroatoms. The van der Waals surface area contributed by atoms with Gasteiger partial charge in [-0.2, -0.15) is 0 Å². The van der Waals surface area contributed by atoms with Crippen molar-refractivity contribution in [1.82, 2.24) is 4.98 Å². The van der Waals surface area contributed by atoms with E-state index in [1.807, 2.05) is 0 Å². The third kappa shape index (κ3) is 2.55. The molecule has 2 N–H and O–H groups in total. The van der Waals surface area contributed by atoms with Gasteiger partial charge >= 0.3 is 5.97 Å². The van der Waals surface area contributed by atoms with Gasteiger partial charge in [0.1, 0.15) is 5.82 Å². The summed E-state index contributed by atoms with van der Waals surface area (Å²) in [6.45, 7) is 3.43. The first-order valence-electron chi connectivity index (χ1n) is 5.70. The molecule has 0 bridgehead atoms. The quantitative estimate of drug-likeness (QED) is 0.818. The highest BCUT2D eigenvalue weighted by molar-refractivity contribution is 5.87. The maximum absolute atomic E-state index is 10.7. The van der Waals surface area contributed by atoms with Crippen molar-refractivity contribution in [3.05, 3.63) is 23.9 Å². The fourth-order valence-electron chi connectivity index (χ4n) is 2.09. The van der Waals surface area contributed by atoms with Gasteiger partial charge in [0, 0.05) is 25.2 Å². The highest BCUT2D eigenvalue weighted by Crippen LogP contribution is 2.24. The number of aliphatic hydroxyl groups is 1. The molecule has 17 heavy (non-hydrogen) atoms. The molecule has 92 valence electrons. The molecule has 1 saturated heterocycles. The van der Waals surface area contributed by atoms with Gasteiger partial charge in [0.15, 0.2) is 0 Å². The summed E-state index contributed by atoms with van der Waals surface area (Å²) in [5.74, 6) is 0.0847. The monoisotopic (exact) mass is 236 g/mol. The number of carbonyl (C=O) groups is 1. The summed E-state index contributed by atoms with van der Waals surface area (Å²) < 4.78 is 0. The SMILES string of the molecule is C[C@@H](O)[C@@H]1CCN(c2ccc(C(=O)O)cn2)C1. The molecule has 0 radical (unpaired) electrons. The number of anilines is 1. The second-order valence-corrected chi connectivity index (χ2v) is 4.45. The zero-order chi connectivity index (χ0) is 12.4. The molecular weight excluding hydrogens is 220 g/mol. The summed E-state index contributed by atoms with van der Waals surface area (Å²) in [5, 5.41) is 18.3. The number of aliphatic hydroxyl groups excluding tert-OH is 1. The van der Waals surface area contributed by atoms with Crippen LogP contribution in [0.25, 0.3) is 0 Å². The van der Waals surface area contributed by atoms with Crippen LogP contribution in [0.5, 0.6) is 0 Å². The topological polar surface area (TPSA) is 73.7 Å². The van der Waals surface area contributed by atoms with Crippen LogP contribution in [0.1, 0.15) is 23.7 Å². The molecule has 1 aliphatic heterocycles. The van der Waals surface area contributed by atoms with Crippen LogP contribution in [-0.2, 0) is 0 Å². The fourth-order valence-corrected chi connectivity index (χ4v) is 2.09. The third-order valence-corrected chi connectivity index (χ3v) is 3.23. The molecular formula is C12H16N2O3. The largest absolute Gasteiger partial charge is 0.478 e. The van der Waals surface area contributed by atoms with Gasteiger partial charge in [-0.1, -0.05) is 0 Å². The van der Waals surface area contributed by atoms with Gasteiger partial charge in [0.25, 0.3) is 0 Å². The maximum atomic E-state index is 10.7. The fraction of sp³-hybridized carbons (Fsp3) is 0.500. The Balaban J connectivity index is 2.06. The molecule has 2 atom stereocenters. The smallest absolute Gasteiger partial charge is 0.337 e. The molecule has 2 rings (SSSR count). The molecule has 0 saturated carbocycles. The van der Waals surface area contributed by atoms with E-state index in [0.29, 0.717) is 0 Å². The molecule has 1 aliphatic rings. The first-order chi connectivity index (χ1) is 8.08. The zero-order valence-electron chi connectivity index (χ0n) is 9.71. The lowest BCUT2D eigenvalue weighted by Gasteiger charge is -2.18. The average molecular weight is 236 g/mol. The average Bonchev–Trinajstić information content (AvgIpc) is 2.78. The minimum atomic E-state index is -0.965. The number of aromatic carboxylic acids is 1. The van der Waals surface area contributed by atoms with Crippen LogP contribution in [0.4, 0.5) is 5.82 Å². The number of rotatable bonds is 3. The lowest BCUT2D eigenvalue weighted by molar-refractivity contribution is 0.0696.